The Kier molecular flexibility index (Phi) is 5.66. The Bertz CT molecular complexity index is 714. The molecule has 0 heterocycles. The van der Waals surface area contributed by atoms with Gasteiger partial charge in [0.1, 0.15) is 11.5 Å². The zero-order valence-corrected chi connectivity index (χ0v) is 13.8. The van der Waals surface area contributed by atoms with Crippen LogP contribution in [-0.4, -0.2) is 0 Å². The summed E-state index contributed by atoms with van der Waals surface area (Å²) in [6.07, 6.45) is 1.96. The van der Waals surface area contributed by atoms with Crippen molar-refractivity contribution in [2.75, 3.05) is 0 Å². The van der Waals surface area contributed by atoms with E-state index in [-0.39, 0.29) is 9.03 Å². The minimum absolute atomic E-state index is 0.0456. The third kappa shape index (κ3) is 4.84. The van der Waals surface area contributed by atoms with Crippen LogP contribution in [0.15, 0.2) is 84.9 Å². The Morgan fingerprint density at radius 3 is 2.04 bits per heavy atom. The van der Waals surface area contributed by atoms with Crippen LogP contribution in [0.2, 0.25) is 0 Å². The first-order valence-corrected chi connectivity index (χ1v) is 8.49. The molecule has 0 N–H and O–H groups in total. The Labute approximate surface area is 139 Å². The van der Waals surface area contributed by atoms with Gasteiger partial charge in [-0.15, -0.1) is 0 Å². The molecule has 23 heavy (non-hydrogen) atoms. The lowest BCUT2D eigenvalue weighted by Gasteiger charge is -2.11. The van der Waals surface area contributed by atoms with Gasteiger partial charge in [0.05, 0.1) is 0 Å². The van der Waals surface area contributed by atoms with E-state index in [9.17, 15) is 0 Å². The zero-order chi connectivity index (χ0) is 15.7. The van der Waals surface area contributed by atoms with Gasteiger partial charge in [-0.1, -0.05) is 66.7 Å². The van der Waals surface area contributed by atoms with Crippen LogP contribution in [0.4, 0.5) is 0 Å². The third-order valence-electron chi connectivity index (χ3n) is 3.55. The molecule has 116 valence electrons. The van der Waals surface area contributed by atoms with Gasteiger partial charge in [0, 0.05) is 0 Å². The lowest BCUT2D eigenvalue weighted by Crippen LogP contribution is -1.94. The van der Waals surface area contributed by atoms with Gasteiger partial charge < -0.3 is 9.05 Å². The molecule has 0 aliphatic heterocycles. The SMILES string of the molecule is c1ccc(CCc2ccccc2OPOc2ccccc2)cc1. The minimum atomic E-state index is -0.0456. The summed E-state index contributed by atoms with van der Waals surface area (Å²) in [6, 6.07) is 28.4. The summed E-state index contributed by atoms with van der Waals surface area (Å²) in [6.45, 7) is 0. The van der Waals surface area contributed by atoms with E-state index in [0.717, 1.165) is 24.3 Å². The summed E-state index contributed by atoms with van der Waals surface area (Å²) < 4.78 is 11.5. The van der Waals surface area contributed by atoms with Crippen molar-refractivity contribution in [1.82, 2.24) is 0 Å². The minimum Gasteiger partial charge on any atom is -0.441 e. The highest BCUT2D eigenvalue weighted by atomic mass is 31.1. The van der Waals surface area contributed by atoms with E-state index in [2.05, 4.69) is 30.3 Å². The van der Waals surface area contributed by atoms with Crippen LogP contribution in [0, 0.1) is 0 Å². The van der Waals surface area contributed by atoms with Gasteiger partial charge in [-0.05, 0) is 42.2 Å². The predicted molar refractivity (Wildman–Crippen MR) is 96.3 cm³/mol. The van der Waals surface area contributed by atoms with Gasteiger partial charge in [0.2, 0.25) is 0 Å². The van der Waals surface area contributed by atoms with Gasteiger partial charge in [-0.2, -0.15) is 0 Å². The molecule has 3 aromatic carbocycles. The van der Waals surface area contributed by atoms with E-state index in [4.69, 9.17) is 9.05 Å². The van der Waals surface area contributed by atoms with E-state index in [0.29, 0.717) is 0 Å². The first-order chi connectivity index (χ1) is 11.4. The molecule has 3 rings (SSSR count). The van der Waals surface area contributed by atoms with Gasteiger partial charge in [0.15, 0.2) is 0 Å². The normalized spacial score (nSPS) is 10.8. The molecule has 0 aliphatic carbocycles. The summed E-state index contributed by atoms with van der Waals surface area (Å²) in [7, 11) is -0.0456. The van der Waals surface area contributed by atoms with Crippen molar-refractivity contribution in [3.63, 3.8) is 0 Å². The zero-order valence-electron chi connectivity index (χ0n) is 12.8. The second-order valence-corrected chi connectivity index (χ2v) is 5.77. The molecular weight excluding hydrogens is 303 g/mol. The third-order valence-corrected chi connectivity index (χ3v) is 4.18. The predicted octanol–water partition coefficient (Wildman–Crippen LogP) is 5.44. The molecule has 1 unspecified atom stereocenters. The topological polar surface area (TPSA) is 18.5 Å². The van der Waals surface area contributed by atoms with E-state index in [1.807, 2.05) is 54.6 Å². The average molecular weight is 322 g/mol. The monoisotopic (exact) mass is 322 g/mol. The van der Waals surface area contributed by atoms with Gasteiger partial charge >= 0.3 is 0 Å². The first kappa shape index (κ1) is 15.6. The maximum Gasteiger partial charge on any atom is 0.275 e. The molecule has 3 heteroatoms. The Balaban J connectivity index is 1.57. The van der Waals surface area contributed by atoms with Crippen molar-refractivity contribution in [3.05, 3.63) is 96.1 Å². The van der Waals surface area contributed by atoms with Crippen LogP contribution in [-0.2, 0) is 12.8 Å². The number of hydrogen-bond acceptors (Lipinski definition) is 2. The fourth-order valence-corrected chi connectivity index (χ4v) is 2.90. The number of hydrogen-bond donors (Lipinski definition) is 0. The summed E-state index contributed by atoms with van der Waals surface area (Å²) in [5.74, 6) is 1.73. The highest BCUT2D eigenvalue weighted by Gasteiger charge is 2.04. The average Bonchev–Trinajstić information content (AvgIpc) is 2.63. The maximum atomic E-state index is 5.84. The molecule has 0 spiro atoms. The number of rotatable bonds is 7. The molecule has 0 saturated heterocycles. The molecular formula is C20H19O2P. The van der Waals surface area contributed by atoms with Crippen LogP contribution in [0.25, 0.3) is 0 Å². The molecule has 3 aromatic rings. The largest absolute Gasteiger partial charge is 0.441 e. The first-order valence-electron chi connectivity index (χ1n) is 7.67. The highest BCUT2D eigenvalue weighted by molar-refractivity contribution is 7.27. The number of para-hydroxylation sites is 2. The lowest BCUT2D eigenvalue weighted by atomic mass is 10.0. The van der Waals surface area contributed by atoms with Gasteiger partial charge in [0.25, 0.3) is 9.03 Å². The van der Waals surface area contributed by atoms with Crippen LogP contribution < -0.4 is 9.05 Å². The van der Waals surface area contributed by atoms with Gasteiger partial charge in [-0.3, -0.25) is 0 Å². The molecule has 0 bridgehead atoms. The molecule has 0 radical (unpaired) electrons. The van der Waals surface area contributed by atoms with Crippen molar-refractivity contribution >= 4 is 9.03 Å². The van der Waals surface area contributed by atoms with E-state index in [1.165, 1.54) is 11.1 Å². The molecule has 0 saturated carbocycles. The fraction of sp³-hybridized carbons (Fsp3) is 0.100. The van der Waals surface area contributed by atoms with Crippen molar-refractivity contribution < 1.29 is 9.05 Å². The Hall–Kier alpha value is -2.31. The summed E-state index contributed by atoms with van der Waals surface area (Å²) >= 11 is 0. The fourth-order valence-electron chi connectivity index (χ4n) is 2.34. The number of aryl methyl sites for hydroxylation is 2. The van der Waals surface area contributed by atoms with E-state index >= 15 is 0 Å². The van der Waals surface area contributed by atoms with Crippen molar-refractivity contribution in [2.24, 2.45) is 0 Å². The van der Waals surface area contributed by atoms with Crippen LogP contribution in [0.1, 0.15) is 11.1 Å². The molecule has 0 aliphatic rings. The second kappa shape index (κ2) is 8.36. The molecule has 2 nitrogen and oxygen atoms in total. The summed E-state index contributed by atoms with van der Waals surface area (Å²) in [5, 5.41) is 0. The van der Waals surface area contributed by atoms with Gasteiger partial charge in [-0.25, -0.2) is 0 Å². The lowest BCUT2D eigenvalue weighted by molar-refractivity contribution is 0.511. The van der Waals surface area contributed by atoms with E-state index in [1.54, 1.807) is 0 Å². The molecule has 1 atom stereocenters. The summed E-state index contributed by atoms with van der Waals surface area (Å²) in [5.41, 5.74) is 2.55. The van der Waals surface area contributed by atoms with Crippen LogP contribution >= 0.6 is 9.03 Å². The van der Waals surface area contributed by atoms with Crippen LogP contribution in [0.5, 0.6) is 11.5 Å². The quantitative estimate of drug-likeness (QED) is 0.539. The maximum absolute atomic E-state index is 5.84. The van der Waals surface area contributed by atoms with Crippen molar-refractivity contribution in [3.8, 4) is 11.5 Å². The smallest absolute Gasteiger partial charge is 0.275 e. The molecule has 0 aromatic heterocycles. The highest BCUT2D eigenvalue weighted by Crippen LogP contribution is 2.28. The standard InChI is InChI=1S/C20H19O2P/c1-3-9-17(10-4-1)15-16-18-11-7-8-14-20(18)22-23-21-19-12-5-2-6-13-19/h1-14,23H,15-16H2. The Morgan fingerprint density at radius 1 is 0.609 bits per heavy atom. The van der Waals surface area contributed by atoms with Crippen molar-refractivity contribution in [2.45, 2.75) is 12.8 Å². The molecule has 0 fully saturated rings. The van der Waals surface area contributed by atoms with Crippen molar-refractivity contribution in [1.29, 1.82) is 0 Å². The number of benzene rings is 3. The summed E-state index contributed by atoms with van der Waals surface area (Å²) in [4.78, 5) is 0. The molecule has 0 amide bonds. The Morgan fingerprint density at radius 2 is 1.26 bits per heavy atom. The van der Waals surface area contributed by atoms with E-state index < -0.39 is 0 Å². The second-order valence-electron chi connectivity index (χ2n) is 5.19. The van der Waals surface area contributed by atoms with Crippen LogP contribution in [0.3, 0.4) is 0 Å².